The third-order valence-corrected chi connectivity index (χ3v) is 3.44. The van der Waals surface area contributed by atoms with Gasteiger partial charge in [-0.15, -0.1) is 0 Å². The predicted octanol–water partition coefficient (Wildman–Crippen LogP) is 1.88. The number of aromatic nitrogens is 2. The molecule has 1 heterocycles. The normalized spacial score (nSPS) is 23.0. The van der Waals surface area contributed by atoms with Crippen molar-refractivity contribution in [3.63, 3.8) is 0 Å². The summed E-state index contributed by atoms with van der Waals surface area (Å²) < 4.78 is 0. The summed E-state index contributed by atoms with van der Waals surface area (Å²) >= 11 is 0. The summed E-state index contributed by atoms with van der Waals surface area (Å²) in [5.41, 5.74) is 5.76. The van der Waals surface area contributed by atoms with Crippen molar-refractivity contribution in [3.05, 3.63) is 15.8 Å². The Morgan fingerprint density at radius 3 is 2.72 bits per heavy atom. The Kier molecular flexibility index (Phi) is 3.31. The van der Waals surface area contributed by atoms with E-state index >= 15 is 0 Å². The Bertz CT molecular complexity index is 477. The lowest BCUT2D eigenvalue weighted by Crippen LogP contribution is -2.23. The number of nitrogens with two attached hydrogens (primary N) is 1. The smallest absolute Gasteiger partial charge is 0.332 e. The fourth-order valence-corrected chi connectivity index (χ4v) is 2.44. The highest BCUT2D eigenvalue weighted by Crippen LogP contribution is 2.32. The quantitative estimate of drug-likeness (QED) is 0.627. The number of nitrogens with one attached hydrogen (secondary N) is 1. The molecule has 2 unspecified atom stereocenters. The molecule has 1 fully saturated rings. The molecule has 0 aromatic carbocycles. The van der Waals surface area contributed by atoms with Gasteiger partial charge in [-0.3, -0.25) is 10.1 Å². The van der Waals surface area contributed by atoms with Crippen LogP contribution in [0, 0.1) is 23.0 Å². The van der Waals surface area contributed by atoms with Gasteiger partial charge in [0.2, 0.25) is 11.8 Å². The SMILES string of the molecule is Cc1nc(N)nc(NC2CCCC2C)c1[N+](=O)[O-]. The van der Waals surface area contributed by atoms with Crippen molar-refractivity contribution in [2.45, 2.75) is 39.2 Å². The maximum Gasteiger partial charge on any atom is 0.332 e. The van der Waals surface area contributed by atoms with Crippen LogP contribution in [0.15, 0.2) is 0 Å². The second-order valence-corrected chi connectivity index (χ2v) is 4.78. The Morgan fingerprint density at radius 1 is 1.44 bits per heavy atom. The third-order valence-electron chi connectivity index (χ3n) is 3.44. The van der Waals surface area contributed by atoms with Crippen molar-refractivity contribution in [2.24, 2.45) is 5.92 Å². The van der Waals surface area contributed by atoms with Crippen molar-refractivity contribution in [1.82, 2.24) is 9.97 Å². The maximum absolute atomic E-state index is 11.1. The fraction of sp³-hybridized carbons (Fsp3) is 0.636. The van der Waals surface area contributed by atoms with E-state index in [0.717, 1.165) is 19.3 Å². The summed E-state index contributed by atoms with van der Waals surface area (Å²) in [7, 11) is 0. The van der Waals surface area contributed by atoms with Crippen LogP contribution in [0.5, 0.6) is 0 Å². The Morgan fingerprint density at radius 2 is 2.17 bits per heavy atom. The first kappa shape index (κ1) is 12.5. The van der Waals surface area contributed by atoms with E-state index in [4.69, 9.17) is 5.73 Å². The number of nitrogens with zero attached hydrogens (tertiary/aromatic N) is 3. The second-order valence-electron chi connectivity index (χ2n) is 4.78. The van der Waals surface area contributed by atoms with Crippen LogP contribution in [-0.2, 0) is 0 Å². The topological polar surface area (TPSA) is 107 Å². The van der Waals surface area contributed by atoms with Crippen molar-refractivity contribution < 1.29 is 4.92 Å². The number of anilines is 2. The molecular formula is C11H17N5O2. The number of nitro groups is 1. The highest BCUT2D eigenvalue weighted by atomic mass is 16.6. The lowest BCUT2D eigenvalue weighted by atomic mass is 10.1. The minimum absolute atomic E-state index is 0.0613. The van der Waals surface area contributed by atoms with E-state index in [1.54, 1.807) is 6.92 Å². The van der Waals surface area contributed by atoms with Gasteiger partial charge in [0.1, 0.15) is 5.69 Å². The van der Waals surface area contributed by atoms with E-state index < -0.39 is 4.92 Å². The molecule has 0 amide bonds. The largest absolute Gasteiger partial charge is 0.368 e. The predicted molar refractivity (Wildman–Crippen MR) is 68.3 cm³/mol. The molecule has 18 heavy (non-hydrogen) atoms. The Balaban J connectivity index is 2.33. The highest BCUT2D eigenvalue weighted by molar-refractivity contribution is 5.60. The molecule has 7 nitrogen and oxygen atoms in total. The molecule has 2 atom stereocenters. The van der Waals surface area contributed by atoms with E-state index in [1.807, 2.05) is 0 Å². The Labute approximate surface area is 105 Å². The number of rotatable bonds is 3. The van der Waals surface area contributed by atoms with Crippen LogP contribution in [0.1, 0.15) is 31.9 Å². The molecule has 98 valence electrons. The summed E-state index contributed by atoms with van der Waals surface area (Å²) in [5, 5.41) is 14.2. The molecule has 0 aliphatic heterocycles. The number of aryl methyl sites for hydroxylation is 1. The van der Waals surface area contributed by atoms with Crippen molar-refractivity contribution in [3.8, 4) is 0 Å². The second kappa shape index (κ2) is 4.75. The summed E-state index contributed by atoms with van der Waals surface area (Å²) in [6, 6.07) is 0.220. The first-order chi connectivity index (χ1) is 8.49. The average molecular weight is 251 g/mol. The molecule has 0 bridgehead atoms. The first-order valence-electron chi connectivity index (χ1n) is 6.04. The van der Waals surface area contributed by atoms with E-state index in [-0.39, 0.29) is 23.5 Å². The molecule has 2 rings (SSSR count). The van der Waals surface area contributed by atoms with E-state index in [9.17, 15) is 10.1 Å². The monoisotopic (exact) mass is 251 g/mol. The molecule has 1 saturated carbocycles. The summed E-state index contributed by atoms with van der Waals surface area (Å²) in [5.74, 6) is 0.788. The maximum atomic E-state index is 11.1. The van der Waals surface area contributed by atoms with Crippen LogP contribution >= 0.6 is 0 Å². The lowest BCUT2D eigenvalue weighted by Gasteiger charge is -2.18. The third kappa shape index (κ3) is 2.34. The van der Waals surface area contributed by atoms with E-state index in [0.29, 0.717) is 11.6 Å². The zero-order valence-corrected chi connectivity index (χ0v) is 10.5. The molecule has 0 saturated heterocycles. The van der Waals surface area contributed by atoms with Crippen LogP contribution in [-0.4, -0.2) is 20.9 Å². The zero-order chi connectivity index (χ0) is 13.3. The number of hydrogen-bond acceptors (Lipinski definition) is 6. The standard InChI is InChI=1S/C11H17N5O2/c1-6-4-3-5-8(6)14-10-9(16(17)18)7(2)13-11(12)15-10/h6,8H,3-5H2,1-2H3,(H3,12,13,14,15). The van der Waals surface area contributed by atoms with Gasteiger partial charge in [0.15, 0.2) is 0 Å². The zero-order valence-electron chi connectivity index (χ0n) is 10.5. The molecule has 1 aliphatic carbocycles. The van der Waals surface area contributed by atoms with E-state index in [2.05, 4.69) is 22.2 Å². The Hall–Kier alpha value is -1.92. The van der Waals surface area contributed by atoms with Gasteiger partial charge in [0, 0.05) is 6.04 Å². The molecule has 0 radical (unpaired) electrons. The summed E-state index contributed by atoms with van der Waals surface area (Å²) in [6.45, 7) is 3.70. The summed E-state index contributed by atoms with van der Waals surface area (Å²) in [4.78, 5) is 18.4. The molecular weight excluding hydrogens is 234 g/mol. The summed E-state index contributed by atoms with van der Waals surface area (Å²) in [6.07, 6.45) is 3.26. The van der Waals surface area contributed by atoms with Gasteiger partial charge in [-0.2, -0.15) is 4.98 Å². The molecule has 0 spiro atoms. The molecule has 3 N–H and O–H groups in total. The van der Waals surface area contributed by atoms with Gasteiger partial charge in [0.05, 0.1) is 4.92 Å². The van der Waals surface area contributed by atoms with Crippen LogP contribution in [0.3, 0.4) is 0 Å². The molecule has 1 aromatic heterocycles. The van der Waals surface area contributed by atoms with Crippen molar-refractivity contribution in [1.29, 1.82) is 0 Å². The van der Waals surface area contributed by atoms with Crippen LogP contribution in [0.2, 0.25) is 0 Å². The van der Waals surface area contributed by atoms with E-state index in [1.165, 1.54) is 0 Å². The van der Waals surface area contributed by atoms with Crippen molar-refractivity contribution in [2.75, 3.05) is 11.1 Å². The molecule has 7 heteroatoms. The van der Waals surface area contributed by atoms with Gasteiger partial charge in [-0.25, -0.2) is 4.98 Å². The number of nitrogen functional groups attached to an aromatic ring is 1. The average Bonchev–Trinajstić information content (AvgIpc) is 2.62. The van der Waals surface area contributed by atoms with Crippen LogP contribution in [0.4, 0.5) is 17.5 Å². The highest BCUT2D eigenvalue weighted by Gasteiger charge is 2.28. The lowest BCUT2D eigenvalue weighted by molar-refractivity contribution is -0.385. The molecule has 1 aliphatic rings. The van der Waals surface area contributed by atoms with Gasteiger partial charge in [0.25, 0.3) is 0 Å². The van der Waals surface area contributed by atoms with Gasteiger partial charge < -0.3 is 11.1 Å². The molecule has 1 aromatic rings. The van der Waals surface area contributed by atoms with Gasteiger partial charge in [-0.05, 0) is 25.7 Å². The first-order valence-corrected chi connectivity index (χ1v) is 6.04. The van der Waals surface area contributed by atoms with Gasteiger partial charge in [-0.1, -0.05) is 13.3 Å². The number of hydrogen-bond donors (Lipinski definition) is 2. The minimum atomic E-state index is -0.462. The van der Waals surface area contributed by atoms with Crippen LogP contribution < -0.4 is 11.1 Å². The minimum Gasteiger partial charge on any atom is -0.368 e. The van der Waals surface area contributed by atoms with Crippen LogP contribution in [0.25, 0.3) is 0 Å². The van der Waals surface area contributed by atoms with Gasteiger partial charge >= 0.3 is 5.69 Å². The van der Waals surface area contributed by atoms with Crippen molar-refractivity contribution >= 4 is 17.5 Å². The fourth-order valence-electron chi connectivity index (χ4n) is 2.44.